The number of rotatable bonds is 7. The van der Waals surface area contributed by atoms with Gasteiger partial charge in [-0.2, -0.15) is 0 Å². The Kier molecular flexibility index (Phi) is 7.02. The minimum Gasteiger partial charge on any atom is -0.350 e. The smallest absolute Gasteiger partial charge is 0.264 e. The summed E-state index contributed by atoms with van der Waals surface area (Å²) < 4.78 is 27.5. The van der Waals surface area contributed by atoms with Crippen LogP contribution < -0.4 is 9.62 Å². The summed E-state index contributed by atoms with van der Waals surface area (Å²) in [6.45, 7) is 1.82. The van der Waals surface area contributed by atoms with Crippen molar-refractivity contribution >= 4 is 44.8 Å². The van der Waals surface area contributed by atoms with Gasteiger partial charge >= 0.3 is 0 Å². The Balaban J connectivity index is 1.88. The van der Waals surface area contributed by atoms with Crippen LogP contribution in [0, 0.1) is 6.92 Å². The summed E-state index contributed by atoms with van der Waals surface area (Å²) in [6.07, 6.45) is 0. The first kappa shape index (κ1) is 22.2. The van der Waals surface area contributed by atoms with Crippen LogP contribution in [0.4, 0.5) is 5.69 Å². The molecule has 1 N–H and O–H groups in total. The normalized spacial score (nSPS) is 11.2. The maximum Gasteiger partial charge on any atom is 0.264 e. The van der Waals surface area contributed by atoms with Crippen LogP contribution in [0.25, 0.3) is 0 Å². The van der Waals surface area contributed by atoms with E-state index in [1.54, 1.807) is 18.2 Å². The van der Waals surface area contributed by atoms with E-state index in [2.05, 4.69) is 5.32 Å². The molecule has 8 heteroatoms. The first-order valence-electron chi connectivity index (χ1n) is 9.12. The third-order valence-corrected chi connectivity index (χ3v) is 6.68. The highest BCUT2D eigenvalue weighted by atomic mass is 35.5. The van der Waals surface area contributed by atoms with E-state index in [-0.39, 0.29) is 22.2 Å². The van der Waals surface area contributed by atoms with Crippen LogP contribution in [0.2, 0.25) is 10.0 Å². The Labute approximate surface area is 186 Å². The first-order valence-corrected chi connectivity index (χ1v) is 11.3. The van der Waals surface area contributed by atoms with Gasteiger partial charge in [-0.15, -0.1) is 0 Å². The number of carbonyl (C=O) groups is 1. The standard InChI is InChI=1S/C22H20Cl2N2O3S/c1-16-6-5-7-17(12-16)14-25-22(27)15-26(21-11-10-18(23)13-20(21)24)30(28,29)19-8-3-2-4-9-19/h2-13H,14-15H2,1H3,(H,25,27). The lowest BCUT2D eigenvalue weighted by Crippen LogP contribution is -2.40. The molecule has 0 aromatic heterocycles. The lowest BCUT2D eigenvalue weighted by atomic mass is 10.1. The predicted molar refractivity (Wildman–Crippen MR) is 120 cm³/mol. The summed E-state index contributed by atoms with van der Waals surface area (Å²) in [4.78, 5) is 12.7. The molecule has 0 aliphatic carbocycles. The molecule has 0 aliphatic heterocycles. The van der Waals surface area contributed by atoms with Crippen LogP contribution in [-0.4, -0.2) is 20.9 Å². The topological polar surface area (TPSA) is 66.5 Å². The van der Waals surface area contributed by atoms with E-state index in [0.29, 0.717) is 5.02 Å². The second-order valence-corrected chi connectivity index (χ2v) is 9.39. The number of hydrogen-bond acceptors (Lipinski definition) is 3. The average Bonchev–Trinajstić information content (AvgIpc) is 2.72. The van der Waals surface area contributed by atoms with Gasteiger partial charge in [0.1, 0.15) is 6.54 Å². The molecule has 1 amide bonds. The maximum atomic E-state index is 13.3. The maximum absolute atomic E-state index is 13.3. The Hall–Kier alpha value is -2.54. The van der Waals surface area contributed by atoms with Crippen LogP contribution in [-0.2, 0) is 21.4 Å². The average molecular weight is 463 g/mol. The van der Waals surface area contributed by atoms with E-state index in [4.69, 9.17) is 23.2 Å². The van der Waals surface area contributed by atoms with Gasteiger partial charge in [-0.3, -0.25) is 9.10 Å². The van der Waals surface area contributed by atoms with E-state index >= 15 is 0 Å². The molecular weight excluding hydrogens is 443 g/mol. The van der Waals surface area contributed by atoms with Gasteiger partial charge in [0.25, 0.3) is 10.0 Å². The van der Waals surface area contributed by atoms with Crippen molar-refractivity contribution in [2.75, 3.05) is 10.8 Å². The van der Waals surface area contributed by atoms with Crippen LogP contribution in [0.15, 0.2) is 77.7 Å². The van der Waals surface area contributed by atoms with Crippen molar-refractivity contribution in [2.24, 2.45) is 0 Å². The fourth-order valence-electron chi connectivity index (χ4n) is 2.91. The Morgan fingerprint density at radius 3 is 2.37 bits per heavy atom. The zero-order valence-corrected chi connectivity index (χ0v) is 18.5. The number of carbonyl (C=O) groups excluding carboxylic acids is 1. The minimum absolute atomic E-state index is 0.0579. The van der Waals surface area contributed by atoms with Gasteiger partial charge in [-0.05, 0) is 42.8 Å². The molecule has 3 aromatic rings. The molecule has 156 valence electrons. The summed E-state index contributed by atoms with van der Waals surface area (Å²) >= 11 is 12.2. The minimum atomic E-state index is -4.03. The van der Waals surface area contributed by atoms with Gasteiger partial charge in [0.05, 0.1) is 15.6 Å². The highest BCUT2D eigenvalue weighted by Gasteiger charge is 2.28. The highest BCUT2D eigenvalue weighted by Crippen LogP contribution is 2.32. The number of nitrogens with zero attached hydrogens (tertiary/aromatic N) is 1. The fourth-order valence-corrected chi connectivity index (χ4v) is 4.93. The molecule has 3 aromatic carbocycles. The molecule has 0 atom stereocenters. The van der Waals surface area contributed by atoms with Crippen molar-refractivity contribution < 1.29 is 13.2 Å². The van der Waals surface area contributed by atoms with Crippen molar-refractivity contribution in [3.05, 3.63) is 94.0 Å². The first-order chi connectivity index (χ1) is 14.3. The van der Waals surface area contributed by atoms with Crippen molar-refractivity contribution in [2.45, 2.75) is 18.4 Å². The van der Waals surface area contributed by atoms with Gasteiger partial charge in [-0.1, -0.05) is 71.2 Å². The molecule has 0 spiro atoms. The molecule has 30 heavy (non-hydrogen) atoms. The fraction of sp³-hybridized carbons (Fsp3) is 0.136. The van der Waals surface area contributed by atoms with Crippen LogP contribution in [0.3, 0.4) is 0 Å². The zero-order valence-electron chi connectivity index (χ0n) is 16.2. The Morgan fingerprint density at radius 1 is 0.967 bits per heavy atom. The monoisotopic (exact) mass is 462 g/mol. The molecular formula is C22H20Cl2N2O3S. The summed E-state index contributed by atoms with van der Waals surface area (Å²) in [7, 11) is -4.03. The molecule has 0 radical (unpaired) electrons. The van der Waals surface area contributed by atoms with E-state index in [1.807, 2.05) is 31.2 Å². The van der Waals surface area contributed by atoms with Gasteiger partial charge in [-0.25, -0.2) is 8.42 Å². The number of sulfonamides is 1. The summed E-state index contributed by atoms with van der Waals surface area (Å²) in [5, 5.41) is 3.26. The molecule has 0 saturated heterocycles. The van der Waals surface area contributed by atoms with Crippen molar-refractivity contribution in [3.63, 3.8) is 0 Å². The van der Waals surface area contributed by atoms with E-state index < -0.39 is 22.5 Å². The second kappa shape index (κ2) is 9.51. The van der Waals surface area contributed by atoms with Gasteiger partial charge in [0.15, 0.2) is 0 Å². The van der Waals surface area contributed by atoms with Gasteiger partial charge in [0.2, 0.25) is 5.91 Å². The van der Waals surface area contributed by atoms with Crippen LogP contribution in [0.5, 0.6) is 0 Å². The summed E-state index contributed by atoms with van der Waals surface area (Å²) in [5.41, 5.74) is 2.17. The van der Waals surface area contributed by atoms with E-state index in [1.165, 1.54) is 30.3 Å². The molecule has 0 fully saturated rings. The van der Waals surface area contributed by atoms with Crippen LogP contribution >= 0.6 is 23.2 Å². The number of hydrogen-bond donors (Lipinski definition) is 1. The lowest BCUT2D eigenvalue weighted by Gasteiger charge is -2.25. The molecule has 0 saturated carbocycles. The largest absolute Gasteiger partial charge is 0.350 e. The zero-order chi connectivity index (χ0) is 21.7. The quantitative estimate of drug-likeness (QED) is 0.547. The molecule has 0 bridgehead atoms. The summed E-state index contributed by atoms with van der Waals surface area (Å²) in [6, 6.07) is 20.0. The molecule has 3 rings (SSSR count). The molecule has 0 heterocycles. The lowest BCUT2D eigenvalue weighted by molar-refractivity contribution is -0.119. The second-order valence-electron chi connectivity index (χ2n) is 6.69. The number of anilines is 1. The van der Waals surface area contributed by atoms with Crippen molar-refractivity contribution in [1.29, 1.82) is 0 Å². The third-order valence-electron chi connectivity index (χ3n) is 4.37. The molecule has 0 aliphatic rings. The number of benzene rings is 3. The van der Waals surface area contributed by atoms with Crippen molar-refractivity contribution in [3.8, 4) is 0 Å². The number of halogens is 2. The number of aryl methyl sites for hydroxylation is 1. The number of amides is 1. The van der Waals surface area contributed by atoms with E-state index in [0.717, 1.165) is 15.4 Å². The highest BCUT2D eigenvalue weighted by molar-refractivity contribution is 7.92. The van der Waals surface area contributed by atoms with Gasteiger partial charge < -0.3 is 5.32 Å². The Morgan fingerprint density at radius 2 is 1.70 bits per heavy atom. The van der Waals surface area contributed by atoms with Crippen molar-refractivity contribution in [1.82, 2.24) is 5.32 Å². The SMILES string of the molecule is Cc1cccc(CNC(=O)CN(c2ccc(Cl)cc2Cl)S(=O)(=O)c2ccccc2)c1. The predicted octanol–water partition coefficient (Wildman–Crippen LogP) is 4.81. The summed E-state index contributed by atoms with van der Waals surface area (Å²) in [5.74, 6) is -0.456. The molecule has 0 unspecified atom stereocenters. The number of nitrogens with one attached hydrogen (secondary N) is 1. The Bertz CT molecular complexity index is 1150. The van der Waals surface area contributed by atoms with Gasteiger partial charge in [0, 0.05) is 11.6 Å². The van der Waals surface area contributed by atoms with E-state index in [9.17, 15) is 13.2 Å². The van der Waals surface area contributed by atoms with Crippen LogP contribution in [0.1, 0.15) is 11.1 Å². The molecule has 5 nitrogen and oxygen atoms in total. The third kappa shape index (κ3) is 5.33.